The average Bonchev–Trinajstić information content (AvgIpc) is 2.27. The van der Waals surface area contributed by atoms with Crippen LogP contribution in [0.4, 0.5) is 18.9 Å². The monoisotopic (exact) mass is 274 g/mol. The zero-order valence-corrected chi connectivity index (χ0v) is 10.8. The Bertz CT molecular complexity index is 430. The number of carbonyl (C=O) groups excluding carboxylic acids is 1. The highest BCUT2D eigenvalue weighted by Crippen LogP contribution is 2.30. The van der Waals surface area contributed by atoms with Crippen molar-refractivity contribution < 1.29 is 18.0 Å². The van der Waals surface area contributed by atoms with Gasteiger partial charge in [-0.1, -0.05) is 6.07 Å². The zero-order valence-electron chi connectivity index (χ0n) is 10.8. The topological polar surface area (TPSA) is 41.1 Å². The molecule has 0 unspecified atom stereocenters. The molecule has 0 aliphatic rings. The normalized spacial score (nSPS) is 11.5. The lowest BCUT2D eigenvalue weighted by molar-refractivity contribution is -0.137. The van der Waals surface area contributed by atoms with Crippen molar-refractivity contribution in [1.29, 1.82) is 0 Å². The number of benzene rings is 1. The molecule has 0 saturated carbocycles. The Balaban J connectivity index is 2.48. The van der Waals surface area contributed by atoms with E-state index in [2.05, 4.69) is 10.6 Å². The molecule has 0 spiro atoms. The summed E-state index contributed by atoms with van der Waals surface area (Å²) in [6, 6.07) is 4.97. The summed E-state index contributed by atoms with van der Waals surface area (Å²) < 4.78 is 37.4. The van der Waals surface area contributed by atoms with Crippen molar-refractivity contribution in [2.75, 3.05) is 11.9 Å². The SMILES string of the molecule is CC(C)NC(=O)CCNc1cccc(C(F)(F)F)c1. The molecule has 0 aliphatic carbocycles. The van der Waals surface area contributed by atoms with Crippen LogP contribution < -0.4 is 10.6 Å². The highest BCUT2D eigenvalue weighted by molar-refractivity contribution is 5.76. The van der Waals surface area contributed by atoms with E-state index >= 15 is 0 Å². The molecule has 0 aromatic heterocycles. The number of hydrogen-bond donors (Lipinski definition) is 2. The van der Waals surface area contributed by atoms with Gasteiger partial charge >= 0.3 is 6.18 Å². The maximum absolute atomic E-state index is 12.5. The fourth-order valence-corrected chi connectivity index (χ4v) is 1.52. The fraction of sp³-hybridized carbons (Fsp3) is 0.462. The van der Waals surface area contributed by atoms with Gasteiger partial charge in [0.25, 0.3) is 0 Å². The molecule has 0 heterocycles. The van der Waals surface area contributed by atoms with Crippen LogP contribution in [0.3, 0.4) is 0 Å². The van der Waals surface area contributed by atoms with Crippen LogP contribution in [0, 0.1) is 0 Å². The van der Waals surface area contributed by atoms with Crippen LogP contribution in [-0.4, -0.2) is 18.5 Å². The number of alkyl halides is 3. The van der Waals surface area contributed by atoms with E-state index < -0.39 is 11.7 Å². The first-order valence-electron chi connectivity index (χ1n) is 5.99. The first kappa shape index (κ1) is 15.3. The third kappa shape index (κ3) is 5.63. The third-order valence-corrected chi connectivity index (χ3v) is 2.32. The standard InChI is InChI=1S/C13H17F3N2O/c1-9(2)18-12(19)6-7-17-11-5-3-4-10(8-11)13(14,15)16/h3-5,8-9,17H,6-7H2,1-2H3,(H,18,19). The van der Waals surface area contributed by atoms with E-state index in [1.54, 1.807) is 0 Å². The molecule has 6 heteroatoms. The summed E-state index contributed by atoms with van der Waals surface area (Å²) in [5, 5.41) is 5.51. The summed E-state index contributed by atoms with van der Waals surface area (Å²) in [7, 11) is 0. The molecule has 3 nitrogen and oxygen atoms in total. The van der Waals surface area contributed by atoms with Crippen LogP contribution in [0.2, 0.25) is 0 Å². The van der Waals surface area contributed by atoms with Gasteiger partial charge in [0.05, 0.1) is 5.56 Å². The summed E-state index contributed by atoms with van der Waals surface area (Å²) in [5.74, 6) is -0.130. The van der Waals surface area contributed by atoms with Gasteiger partial charge in [0.15, 0.2) is 0 Å². The molecule has 1 amide bonds. The molecule has 1 aromatic carbocycles. The summed E-state index contributed by atoms with van der Waals surface area (Å²) in [6.07, 6.45) is -4.14. The van der Waals surface area contributed by atoms with Gasteiger partial charge in [0, 0.05) is 24.7 Å². The molecule has 106 valence electrons. The molecule has 0 aliphatic heterocycles. The summed E-state index contributed by atoms with van der Waals surface area (Å²) in [6.45, 7) is 3.98. The second-order valence-corrected chi connectivity index (χ2v) is 4.48. The minimum Gasteiger partial charge on any atom is -0.385 e. The quantitative estimate of drug-likeness (QED) is 0.866. The van der Waals surface area contributed by atoms with E-state index in [1.165, 1.54) is 12.1 Å². The Hall–Kier alpha value is -1.72. The minimum atomic E-state index is -4.35. The van der Waals surface area contributed by atoms with Crippen LogP contribution in [0.25, 0.3) is 0 Å². The van der Waals surface area contributed by atoms with Gasteiger partial charge in [-0.2, -0.15) is 13.2 Å². The lowest BCUT2D eigenvalue weighted by Crippen LogP contribution is -2.31. The highest BCUT2D eigenvalue weighted by Gasteiger charge is 2.30. The molecule has 19 heavy (non-hydrogen) atoms. The van der Waals surface area contributed by atoms with Crippen LogP contribution in [0.1, 0.15) is 25.8 Å². The van der Waals surface area contributed by atoms with Gasteiger partial charge in [-0.3, -0.25) is 4.79 Å². The van der Waals surface area contributed by atoms with E-state index in [0.717, 1.165) is 12.1 Å². The predicted molar refractivity (Wildman–Crippen MR) is 67.8 cm³/mol. The van der Waals surface area contributed by atoms with E-state index in [4.69, 9.17) is 0 Å². The second-order valence-electron chi connectivity index (χ2n) is 4.48. The predicted octanol–water partition coefficient (Wildman–Crippen LogP) is 3.03. The van der Waals surface area contributed by atoms with Gasteiger partial charge in [-0.05, 0) is 32.0 Å². The number of anilines is 1. The average molecular weight is 274 g/mol. The Morgan fingerprint density at radius 2 is 2.00 bits per heavy atom. The van der Waals surface area contributed by atoms with Gasteiger partial charge in [0.1, 0.15) is 0 Å². The number of carbonyl (C=O) groups is 1. The Labute approximate surface area is 110 Å². The zero-order chi connectivity index (χ0) is 14.5. The van der Waals surface area contributed by atoms with E-state index in [0.29, 0.717) is 12.2 Å². The molecule has 0 atom stereocenters. The minimum absolute atomic E-state index is 0.0565. The molecular formula is C13H17F3N2O. The van der Waals surface area contributed by atoms with Crippen molar-refractivity contribution in [2.24, 2.45) is 0 Å². The lowest BCUT2D eigenvalue weighted by atomic mass is 10.2. The highest BCUT2D eigenvalue weighted by atomic mass is 19.4. The van der Waals surface area contributed by atoms with Gasteiger partial charge < -0.3 is 10.6 Å². The fourth-order valence-electron chi connectivity index (χ4n) is 1.52. The smallest absolute Gasteiger partial charge is 0.385 e. The van der Waals surface area contributed by atoms with E-state index in [-0.39, 0.29) is 18.4 Å². The molecular weight excluding hydrogens is 257 g/mol. The van der Waals surface area contributed by atoms with Crippen molar-refractivity contribution in [3.8, 4) is 0 Å². The van der Waals surface area contributed by atoms with Crippen LogP contribution in [-0.2, 0) is 11.0 Å². The lowest BCUT2D eigenvalue weighted by Gasteiger charge is -2.11. The maximum Gasteiger partial charge on any atom is 0.416 e. The molecule has 1 aromatic rings. The Kier molecular flexibility index (Phi) is 5.20. The van der Waals surface area contributed by atoms with Crippen molar-refractivity contribution >= 4 is 11.6 Å². The summed E-state index contributed by atoms with van der Waals surface area (Å²) >= 11 is 0. The first-order valence-corrected chi connectivity index (χ1v) is 5.99. The number of rotatable bonds is 5. The van der Waals surface area contributed by atoms with Crippen LogP contribution in [0.15, 0.2) is 24.3 Å². The van der Waals surface area contributed by atoms with Gasteiger partial charge in [-0.25, -0.2) is 0 Å². The molecule has 2 N–H and O–H groups in total. The maximum atomic E-state index is 12.5. The van der Waals surface area contributed by atoms with Crippen molar-refractivity contribution in [3.05, 3.63) is 29.8 Å². The first-order chi connectivity index (χ1) is 8.79. The number of amides is 1. The third-order valence-electron chi connectivity index (χ3n) is 2.32. The molecule has 0 bridgehead atoms. The molecule has 0 saturated heterocycles. The van der Waals surface area contributed by atoms with Crippen molar-refractivity contribution in [3.63, 3.8) is 0 Å². The summed E-state index contributed by atoms with van der Waals surface area (Å²) in [4.78, 5) is 11.3. The molecule has 0 radical (unpaired) electrons. The van der Waals surface area contributed by atoms with Crippen molar-refractivity contribution in [1.82, 2.24) is 5.32 Å². The van der Waals surface area contributed by atoms with Crippen molar-refractivity contribution in [2.45, 2.75) is 32.5 Å². The number of halogens is 3. The largest absolute Gasteiger partial charge is 0.416 e. The van der Waals surface area contributed by atoms with E-state index in [1.807, 2.05) is 13.8 Å². The Morgan fingerprint density at radius 3 is 2.58 bits per heavy atom. The van der Waals surface area contributed by atoms with Gasteiger partial charge in [-0.15, -0.1) is 0 Å². The van der Waals surface area contributed by atoms with Gasteiger partial charge in [0.2, 0.25) is 5.91 Å². The molecule has 1 rings (SSSR count). The second kappa shape index (κ2) is 6.45. The number of nitrogens with one attached hydrogen (secondary N) is 2. The number of hydrogen-bond acceptors (Lipinski definition) is 2. The van der Waals surface area contributed by atoms with Crippen LogP contribution >= 0.6 is 0 Å². The Morgan fingerprint density at radius 1 is 1.32 bits per heavy atom. The molecule has 0 fully saturated rings. The van der Waals surface area contributed by atoms with Crippen LogP contribution in [0.5, 0.6) is 0 Å². The van der Waals surface area contributed by atoms with E-state index in [9.17, 15) is 18.0 Å². The summed E-state index contributed by atoms with van der Waals surface area (Å²) in [5.41, 5.74) is -0.351.